The molecule has 94 valence electrons. The largest absolute Gasteiger partial charge is 0.388 e. The molecule has 8 heteroatoms. The van der Waals surface area contributed by atoms with Gasteiger partial charge in [-0.05, 0) is 6.92 Å². The standard InChI is InChI=1S/C10H13N7S/c1-2-17-6-15-16-9(17)5-14-8-4-12-7(3-13-8)10(11)18/h3-4,6H,2,5H2,1H3,(H2,11,18)(H,13,14). The smallest absolute Gasteiger partial charge is 0.152 e. The summed E-state index contributed by atoms with van der Waals surface area (Å²) in [6.45, 7) is 3.40. The molecular formula is C10H13N7S. The molecule has 0 amide bonds. The van der Waals surface area contributed by atoms with Gasteiger partial charge in [-0.25, -0.2) is 9.97 Å². The molecule has 0 aliphatic carbocycles. The van der Waals surface area contributed by atoms with E-state index in [0.717, 1.165) is 12.4 Å². The van der Waals surface area contributed by atoms with Gasteiger partial charge < -0.3 is 15.6 Å². The van der Waals surface area contributed by atoms with Gasteiger partial charge in [0.15, 0.2) is 5.82 Å². The zero-order valence-corrected chi connectivity index (χ0v) is 10.7. The molecule has 0 bridgehead atoms. The molecule has 3 N–H and O–H groups in total. The zero-order valence-electron chi connectivity index (χ0n) is 9.87. The van der Waals surface area contributed by atoms with Crippen molar-refractivity contribution in [3.05, 3.63) is 30.2 Å². The van der Waals surface area contributed by atoms with E-state index in [0.29, 0.717) is 18.1 Å². The van der Waals surface area contributed by atoms with E-state index >= 15 is 0 Å². The van der Waals surface area contributed by atoms with Gasteiger partial charge >= 0.3 is 0 Å². The Morgan fingerprint density at radius 2 is 2.28 bits per heavy atom. The minimum atomic E-state index is 0.236. The summed E-state index contributed by atoms with van der Waals surface area (Å²) in [5, 5.41) is 11.0. The van der Waals surface area contributed by atoms with Crippen molar-refractivity contribution >= 4 is 23.0 Å². The lowest BCUT2D eigenvalue weighted by Crippen LogP contribution is -2.13. The van der Waals surface area contributed by atoms with Crippen molar-refractivity contribution in [2.75, 3.05) is 5.32 Å². The van der Waals surface area contributed by atoms with Crippen molar-refractivity contribution in [3.8, 4) is 0 Å². The summed E-state index contributed by atoms with van der Waals surface area (Å²) < 4.78 is 1.95. The van der Waals surface area contributed by atoms with Crippen LogP contribution in [0.2, 0.25) is 0 Å². The summed E-state index contributed by atoms with van der Waals surface area (Å²) in [5.74, 6) is 1.48. The van der Waals surface area contributed by atoms with E-state index in [1.807, 2.05) is 11.5 Å². The Morgan fingerprint density at radius 3 is 2.89 bits per heavy atom. The van der Waals surface area contributed by atoms with Crippen molar-refractivity contribution in [1.29, 1.82) is 0 Å². The molecule has 0 radical (unpaired) electrons. The number of thiocarbonyl (C=S) groups is 1. The number of aromatic nitrogens is 5. The van der Waals surface area contributed by atoms with Gasteiger partial charge in [0.1, 0.15) is 22.8 Å². The number of anilines is 1. The number of hydrogen-bond acceptors (Lipinski definition) is 6. The van der Waals surface area contributed by atoms with Gasteiger partial charge in [0.2, 0.25) is 0 Å². The Hall–Kier alpha value is -2.09. The Kier molecular flexibility index (Phi) is 3.78. The second-order valence-corrected chi connectivity index (χ2v) is 3.98. The Bertz CT molecular complexity index is 533. The van der Waals surface area contributed by atoms with Crippen molar-refractivity contribution in [3.63, 3.8) is 0 Å². The van der Waals surface area contributed by atoms with E-state index in [1.54, 1.807) is 12.5 Å². The molecule has 0 spiro atoms. The van der Waals surface area contributed by atoms with Gasteiger partial charge in [-0.1, -0.05) is 12.2 Å². The fraction of sp³-hybridized carbons (Fsp3) is 0.300. The number of hydrogen-bond donors (Lipinski definition) is 2. The monoisotopic (exact) mass is 263 g/mol. The molecule has 0 aromatic carbocycles. The minimum Gasteiger partial charge on any atom is -0.388 e. The average Bonchev–Trinajstić information content (AvgIpc) is 2.84. The van der Waals surface area contributed by atoms with Crippen LogP contribution >= 0.6 is 12.2 Å². The maximum absolute atomic E-state index is 5.44. The number of aryl methyl sites for hydroxylation is 1. The quantitative estimate of drug-likeness (QED) is 0.751. The third-order valence-corrected chi connectivity index (χ3v) is 2.58. The van der Waals surface area contributed by atoms with E-state index in [4.69, 9.17) is 18.0 Å². The third-order valence-electron chi connectivity index (χ3n) is 2.37. The van der Waals surface area contributed by atoms with Gasteiger partial charge in [-0.3, -0.25) is 0 Å². The maximum atomic E-state index is 5.44. The van der Waals surface area contributed by atoms with Crippen LogP contribution in [-0.2, 0) is 13.1 Å². The molecule has 0 aliphatic heterocycles. The van der Waals surface area contributed by atoms with Crippen LogP contribution in [0.15, 0.2) is 18.7 Å². The maximum Gasteiger partial charge on any atom is 0.152 e. The molecule has 18 heavy (non-hydrogen) atoms. The first-order chi connectivity index (χ1) is 8.70. The first-order valence-corrected chi connectivity index (χ1v) is 5.84. The van der Waals surface area contributed by atoms with E-state index in [1.165, 1.54) is 6.20 Å². The van der Waals surface area contributed by atoms with Crippen LogP contribution in [0.25, 0.3) is 0 Å². The van der Waals surface area contributed by atoms with Crippen molar-refractivity contribution < 1.29 is 0 Å². The lowest BCUT2D eigenvalue weighted by molar-refractivity contribution is 0.707. The van der Waals surface area contributed by atoms with Gasteiger partial charge in [0.05, 0.1) is 18.9 Å². The van der Waals surface area contributed by atoms with Gasteiger partial charge in [0.25, 0.3) is 0 Å². The molecule has 0 saturated carbocycles. The van der Waals surface area contributed by atoms with Gasteiger partial charge in [-0.2, -0.15) is 0 Å². The highest BCUT2D eigenvalue weighted by molar-refractivity contribution is 7.80. The number of nitrogens with zero attached hydrogens (tertiary/aromatic N) is 5. The van der Waals surface area contributed by atoms with E-state index in [-0.39, 0.29) is 4.99 Å². The van der Waals surface area contributed by atoms with E-state index in [2.05, 4.69) is 25.5 Å². The second kappa shape index (κ2) is 5.50. The molecule has 0 fully saturated rings. The minimum absolute atomic E-state index is 0.236. The van der Waals surface area contributed by atoms with Crippen LogP contribution in [0.4, 0.5) is 5.82 Å². The lowest BCUT2D eigenvalue weighted by Gasteiger charge is -2.06. The highest BCUT2D eigenvalue weighted by atomic mass is 32.1. The summed E-state index contributed by atoms with van der Waals surface area (Å²) in [6.07, 6.45) is 4.81. The fourth-order valence-corrected chi connectivity index (χ4v) is 1.50. The molecule has 2 rings (SSSR count). The first-order valence-electron chi connectivity index (χ1n) is 5.43. The average molecular weight is 263 g/mol. The number of rotatable bonds is 5. The molecule has 0 unspecified atom stereocenters. The van der Waals surface area contributed by atoms with Crippen LogP contribution in [0.3, 0.4) is 0 Å². The van der Waals surface area contributed by atoms with Gasteiger partial charge in [-0.15, -0.1) is 10.2 Å². The van der Waals surface area contributed by atoms with Crippen LogP contribution in [0, 0.1) is 0 Å². The molecular weight excluding hydrogens is 250 g/mol. The predicted molar refractivity (Wildman–Crippen MR) is 70.9 cm³/mol. The topological polar surface area (TPSA) is 94.5 Å². The fourth-order valence-electron chi connectivity index (χ4n) is 1.40. The van der Waals surface area contributed by atoms with Gasteiger partial charge in [0, 0.05) is 6.54 Å². The molecule has 2 aromatic rings. The van der Waals surface area contributed by atoms with Crippen molar-refractivity contribution in [2.24, 2.45) is 5.73 Å². The van der Waals surface area contributed by atoms with Crippen LogP contribution in [0.1, 0.15) is 18.4 Å². The molecule has 0 aliphatic rings. The van der Waals surface area contributed by atoms with E-state index < -0.39 is 0 Å². The SMILES string of the molecule is CCn1cnnc1CNc1cnc(C(N)=S)cn1. The first kappa shape index (κ1) is 12.4. The number of nitrogens with two attached hydrogens (primary N) is 1. The Balaban J connectivity index is 2.00. The van der Waals surface area contributed by atoms with Crippen molar-refractivity contribution in [2.45, 2.75) is 20.0 Å². The van der Waals surface area contributed by atoms with Crippen LogP contribution in [0.5, 0.6) is 0 Å². The second-order valence-electron chi connectivity index (χ2n) is 3.54. The molecule has 7 nitrogen and oxygen atoms in total. The molecule has 0 atom stereocenters. The normalized spacial score (nSPS) is 10.3. The lowest BCUT2D eigenvalue weighted by atomic mass is 10.4. The zero-order chi connectivity index (χ0) is 13.0. The summed E-state index contributed by atoms with van der Waals surface area (Å²) in [7, 11) is 0. The predicted octanol–water partition coefficient (Wildman–Crippen LogP) is 0.334. The molecule has 2 heterocycles. The molecule has 2 aromatic heterocycles. The Labute approximate surface area is 109 Å². The highest BCUT2D eigenvalue weighted by Gasteiger charge is 2.03. The van der Waals surface area contributed by atoms with Crippen LogP contribution in [-0.4, -0.2) is 29.7 Å². The number of nitrogens with one attached hydrogen (secondary N) is 1. The van der Waals surface area contributed by atoms with Crippen molar-refractivity contribution in [1.82, 2.24) is 24.7 Å². The summed E-state index contributed by atoms with van der Waals surface area (Å²) >= 11 is 4.80. The highest BCUT2D eigenvalue weighted by Crippen LogP contribution is 2.04. The third kappa shape index (κ3) is 2.77. The van der Waals surface area contributed by atoms with Crippen LogP contribution < -0.4 is 11.1 Å². The molecule has 0 saturated heterocycles. The summed E-state index contributed by atoms with van der Waals surface area (Å²) in [5.41, 5.74) is 5.95. The summed E-state index contributed by atoms with van der Waals surface area (Å²) in [4.78, 5) is 8.48. The van der Waals surface area contributed by atoms with E-state index in [9.17, 15) is 0 Å². The Morgan fingerprint density at radius 1 is 1.44 bits per heavy atom. The summed E-state index contributed by atoms with van der Waals surface area (Å²) in [6, 6.07) is 0.